The van der Waals surface area contributed by atoms with Crippen molar-refractivity contribution in [2.24, 2.45) is 5.92 Å². The van der Waals surface area contributed by atoms with Crippen molar-refractivity contribution in [1.29, 1.82) is 0 Å². The van der Waals surface area contributed by atoms with Gasteiger partial charge in [0.25, 0.3) is 0 Å². The Bertz CT molecular complexity index is 379. The van der Waals surface area contributed by atoms with Gasteiger partial charge in [0.05, 0.1) is 6.61 Å². The maximum Gasteiger partial charge on any atom is 0.311 e. The molecule has 1 aromatic carbocycles. The molecule has 0 fully saturated rings. The monoisotopic (exact) mass is 308 g/mol. The zero-order valence-corrected chi connectivity index (χ0v) is 14.6. The second-order valence-electron chi connectivity index (χ2n) is 6.17. The van der Waals surface area contributed by atoms with Crippen LogP contribution >= 0.6 is 0 Å². The molecule has 3 nitrogen and oxygen atoms in total. The maximum absolute atomic E-state index is 11.5. The Kier molecular flexibility index (Phi) is 12.5. The van der Waals surface area contributed by atoms with Crippen molar-refractivity contribution in [2.45, 2.75) is 72.8 Å². The van der Waals surface area contributed by atoms with E-state index in [-0.39, 0.29) is 12.6 Å². The van der Waals surface area contributed by atoms with Crippen LogP contribution < -0.4 is 4.74 Å². The highest BCUT2D eigenvalue weighted by molar-refractivity contribution is 5.72. The molecule has 0 bridgehead atoms. The summed E-state index contributed by atoms with van der Waals surface area (Å²) in [6.07, 6.45) is 6.10. The molecule has 0 saturated heterocycles. The van der Waals surface area contributed by atoms with Crippen molar-refractivity contribution in [3.8, 4) is 5.75 Å². The highest BCUT2D eigenvalue weighted by Crippen LogP contribution is 2.14. The van der Waals surface area contributed by atoms with Crippen LogP contribution in [0.4, 0.5) is 0 Å². The van der Waals surface area contributed by atoms with Crippen LogP contribution in [0.2, 0.25) is 0 Å². The van der Waals surface area contributed by atoms with E-state index < -0.39 is 0 Å². The summed E-state index contributed by atoms with van der Waals surface area (Å²) in [6.45, 7) is 8.68. The predicted octanol–water partition coefficient (Wildman–Crippen LogP) is 5.11. The number of ether oxygens (including phenoxy) is 1. The number of hydrogen-bond donors (Lipinski definition) is 1. The Labute approximate surface area is 135 Å². The van der Waals surface area contributed by atoms with Gasteiger partial charge in [0, 0.05) is 6.42 Å². The SMILES string of the molecule is CC(C)C.CCCCCCCC(=O)Oc1ccc(CO)cc1. The first-order valence-electron chi connectivity index (χ1n) is 8.40. The molecule has 0 aliphatic carbocycles. The van der Waals surface area contributed by atoms with Gasteiger partial charge in [0.15, 0.2) is 0 Å². The zero-order chi connectivity index (χ0) is 16.8. The smallest absolute Gasteiger partial charge is 0.311 e. The Morgan fingerprint density at radius 2 is 1.59 bits per heavy atom. The van der Waals surface area contributed by atoms with Crippen LogP contribution in [-0.4, -0.2) is 11.1 Å². The van der Waals surface area contributed by atoms with Crippen LogP contribution in [0.1, 0.15) is 71.8 Å². The highest BCUT2D eigenvalue weighted by Gasteiger charge is 2.04. The number of esters is 1. The third kappa shape index (κ3) is 12.4. The van der Waals surface area contributed by atoms with Gasteiger partial charge in [0.2, 0.25) is 0 Å². The molecular formula is C19H32O3. The number of aliphatic hydroxyl groups excluding tert-OH is 1. The molecule has 3 heteroatoms. The van der Waals surface area contributed by atoms with Crippen LogP contribution in [0.5, 0.6) is 5.75 Å². The standard InChI is InChI=1S/C15H22O3.C4H10/c1-2-3-4-5-6-7-15(17)18-14-10-8-13(12-16)9-11-14;1-4(2)3/h8-11,16H,2-7,12H2,1H3;4H,1-3H3. The van der Waals surface area contributed by atoms with Crippen molar-refractivity contribution >= 4 is 5.97 Å². The van der Waals surface area contributed by atoms with Gasteiger partial charge in [0.1, 0.15) is 5.75 Å². The van der Waals surface area contributed by atoms with E-state index in [0.29, 0.717) is 12.2 Å². The molecule has 0 radical (unpaired) electrons. The van der Waals surface area contributed by atoms with Crippen molar-refractivity contribution in [3.05, 3.63) is 29.8 Å². The van der Waals surface area contributed by atoms with E-state index >= 15 is 0 Å². The predicted molar refractivity (Wildman–Crippen MR) is 91.9 cm³/mol. The average molecular weight is 308 g/mol. The minimum atomic E-state index is -0.178. The number of hydrogen-bond acceptors (Lipinski definition) is 3. The molecule has 0 unspecified atom stereocenters. The lowest BCUT2D eigenvalue weighted by atomic mass is 10.1. The van der Waals surface area contributed by atoms with E-state index in [1.165, 1.54) is 19.3 Å². The lowest BCUT2D eigenvalue weighted by molar-refractivity contribution is -0.134. The second-order valence-corrected chi connectivity index (χ2v) is 6.17. The normalized spacial score (nSPS) is 10.1. The number of unbranched alkanes of at least 4 members (excludes halogenated alkanes) is 4. The lowest BCUT2D eigenvalue weighted by Crippen LogP contribution is -2.07. The van der Waals surface area contributed by atoms with E-state index in [9.17, 15) is 4.79 Å². The van der Waals surface area contributed by atoms with E-state index in [0.717, 1.165) is 24.3 Å². The molecular weight excluding hydrogens is 276 g/mol. The summed E-state index contributed by atoms with van der Waals surface area (Å²) >= 11 is 0. The molecule has 22 heavy (non-hydrogen) atoms. The molecule has 0 saturated carbocycles. The van der Waals surface area contributed by atoms with E-state index in [1.807, 2.05) is 0 Å². The van der Waals surface area contributed by atoms with Crippen molar-refractivity contribution in [2.75, 3.05) is 0 Å². The van der Waals surface area contributed by atoms with E-state index in [2.05, 4.69) is 27.7 Å². The number of benzene rings is 1. The first-order valence-corrected chi connectivity index (χ1v) is 8.40. The summed E-state index contributed by atoms with van der Waals surface area (Å²) in [6, 6.07) is 6.93. The fourth-order valence-electron chi connectivity index (χ4n) is 1.72. The molecule has 0 atom stereocenters. The Morgan fingerprint density at radius 1 is 1.05 bits per heavy atom. The molecule has 126 valence electrons. The van der Waals surface area contributed by atoms with Gasteiger partial charge < -0.3 is 9.84 Å². The summed E-state index contributed by atoms with van der Waals surface area (Å²) in [7, 11) is 0. The van der Waals surface area contributed by atoms with Gasteiger partial charge in [-0.2, -0.15) is 0 Å². The van der Waals surface area contributed by atoms with Crippen LogP contribution in [0.3, 0.4) is 0 Å². The Morgan fingerprint density at radius 3 is 2.09 bits per heavy atom. The van der Waals surface area contributed by atoms with Crippen molar-refractivity contribution in [1.82, 2.24) is 0 Å². The topological polar surface area (TPSA) is 46.5 Å². The average Bonchev–Trinajstić information content (AvgIpc) is 2.47. The quantitative estimate of drug-likeness (QED) is 0.412. The molecule has 0 aromatic heterocycles. The van der Waals surface area contributed by atoms with Crippen LogP contribution in [-0.2, 0) is 11.4 Å². The van der Waals surface area contributed by atoms with Gasteiger partial charge >= 0.3 is 5.97 Å². The number of aliphatic hydroxyl groups is 1. The summed E-state index contributed by atoms with van der Waals surface area (Å²) in [5.74, 6) is 1.20. The third-order valence-corrected chi connectivity index (χ3v) is 2.82. The Balaban J connectivity index is 0.000000980. The molecule has 0 amide bonds. The maximum atomic E-state index is 11.5. The van der Waals surface area contributed by atoms with Crippen LogP contribution in [0, 0.1) is 5.92 Å². The summed E-state index contributed by atoms with van der Waals surface area (Å²) in [4.78, 5) is 11.5. The highest BCUT2D eigenvalue weighted by atomic mass is 16.5. The third-order valence-electron chi connectivity index (χ3n) is 2.82. The molecule has 1 rings (SSSR count). The van der Waals surface area contributed by atoms with Gasteiger partial charge in [-0.3, -0.25) is 4.79 Å². The fraction of sp³-hybridized carbons (Fsp3) is 0.632. The first-order chi connectivity index (χ1) is 10.5. The molecule has 0 aliphatic rings. The van der Waals surface area contributed by atoms with Crippen molar-refractivity contribution in [3.63, 3.8) is 0 Å². The van der Waals surface area contributed by atoms with Gasteiger partial charge in [-0.05, 0) is 30.0 Å². The molecule has 1 aromatic rings. The number of carbonyl (C=O) groups is 1. The first kappa shape index (κ1) is 20.6. The van der Waals surface area contributed by atoms with Crippen LogP contribution in [0.25, 0.3) is 0 Å². The zero-order valence-electron chi connectivity index (χ0n) is 14.6. The van der Waals surface area contributed by atoms with Crippen LogP contribution in [0.15, 0.2) is 24.3 Å². The van der Waals surface area contributed by atoms with E-state index in [4.69, 9.17) is 9.84 Å². The van der Waals surface area contributed by atoms with Gasteiger partial charge in [-0.1, -0.05) is 65.5 Å². The minimum Gasteiger partial charge on any atom is -0.427 e. The van der Waals surface area contributed by atoms with Crippen molar-refractivity contribution < 1.29 is 14.6 Å². The molecule has 0 aliphatic heterocycles. The molecule has 1 N–H and O–H groups in total. The lowest BCUT2D eigenvalue weighted by Gasteiger charge is -2.05. The van der Waals surface area contributed by atoms with E-state index in [1.54, 1.807) is 24.3 Å². The number of rotatable bonds is 8. The summed E-state index contributed by atoms with van der Waals surface area (Å²) in [5.41, 5.74) is 0.814. The molecule has 0 heterocycles. The number of carbonyl (C=O) groups excluding carboxylic acids is 1. The largest absolute Gasteiger partial charge is 0.427 e. The second kappa shape index (κ2) is 13.3. The minimum absolute atomic E-state index is 0.00561. The van der Waals surface area contributed by atoms with Gasteiger partial charge in [-0.15, -0.1) is 0 Å². The molecule has 0 spiro atoms. The fourth-order valence-corrected chi connectivity index (χ4v) is 1.72. The van der Waals surface area contributed by atoms with Gasteiger partial charge in [-0.25, -0.2) is 0 Å². The summed E-state index contributed by atoms with van der Waals surface area (Å²) in [5, 5.41) is 8.89. The Hall–Kier alpha value is -1.35. The summed E-state index contributed by atoms with van der Waals surface area (Å²) < 4.78 is 5.20.